The number of halogens is 1. The second kappa shape index (κ2) is 10.4. The highest BCUT2D eigenvalue weighted by Crippen LogP contribution is 2.35. The predicted molar refractivity (Wildman–Crippen MR) is 118 cm³/mol. The van der Waals surface area contributed by atoms with E-state index in [9.17, 15) is 15.3 Å². The average molecular weight is 482 g/mol. The van der Waals surface area contributed by atoms with Gasteiger partial charge in [0, 0.05) is 17.6 Å². The predicted octanol–water partition coefficient (Wildman–Crippen LogP) is 2.18. The standard InChI is InChI=1S/C22H24ClNO7S/c23-14-4-3-12(22-21(28)20(27)19(26)16(31-22)11-29-7-5-25)8-13(14)9-18-24-10-17(32-18)15-2-1-6-30-15/h1-4,6,8,10,16,19-22,25-28H,5,7,9,11H2/t16-,19-,20+,21-,22+/m1/s1. The van der Waals surface area contributed by atoms with Gasteiger partial charge in [0.2, 0.25) is 0 Å². The summed E-state index contributed by atoms with van der Waals surface area (Å²) in [5.74, 6) is 0.745. The van der Waals surface area contributed by atoms with Gasteiger partial charge in [0.1, 0.15) is 36.3 Å². The molecule has 0 spiro atoms. The molecule has 4 N–H and O–H groups in total. The second-order valence-electron chi connectivity index (χ2n) is 7.49. The lowest BCUT2D eigenvalue weighted by atomic mass is 9.90. The van der Waals surface area contributed by atoms with Crippen molar-refractivity contribution in [3.05, 3.63) is 63.9 Å². The number of aromatic nitrogens is 1. The molecule has 3 heterocycles. The van der Waals surface area contributed by atoms with Gasteiger partial charge in [-0.1, -0.05) is 23.7 Å². The van der Waals surface area contributed by atoms with Gasteiger partial charge in [-0.25, -0.2) is 4.98 Å². The maximum Gasteiger partial charge on any atom is 0.145 e. The normalized spacial score (nSPS) is 25.8. The highest BCUT2D eigenvalue weighted by atomic mass is 35.5. The van der Waals surface area contributed by atoms with E-state index in [-0.39, 0.29) is 19.8 Å². The molecule has 0 bridgehead atoms. The zero-order chi connectivity index (χ0) is 22.7. The van der Waals surface area contributed by atoms with Crippen LogP contribution in [-0.4, -0.2) is 69.6 Å². The smallest absolute Gasteiger partial charge is 0.145 e. The van der Waals surface area contributed by atoms with Gasteiger partial charge in [0.15, 0.2) is 0 Å². The molecule has 0 radical (unpaired) electrons. The Bertz CT molecular complexity index is 1010. The third-order valence-corrected chi connectivity index (χ3v) is 6.67. The van der Waals surface area contributed by atoms with Crippen molar-refractivity contribution < 1.29 is 34.3 Å². The summed E-state index contributed by atoms with van der Waals surface area (Å²) in [5.41, 5.74) is 1.40. The maximum absolute atomic E-state index is 10.5. The first kappa shape index (κ1) is 23.3. The van der Waals surface area contributed by atoms with E-state index in [1.165, 1.54) is 11.3 Å². The molecule has 0 amide bonds. The molecule has 5 atom stereocenters. The third-order valence-electron chi connectivity index (χ3n) is 5.29. The molecule has 172 valence electrons. The highest BCUT2D eigenvalue weighted by molar-refractivity contribution is 7.15. The van der Waals surface area contributed by atoms with E-state index in [0.717, 1.165) is 21.2 Å². The molecule has 10 heteroatoms. The fourth-order valence-corrected chi connectivity index (χ4v) is 4.72. The molecular weight excluding hydrogens is 458 g/mol. The number of hydrogen-bond acceptors (Lipinski definition) is 9. The van der Waals surface area contributed by atoms with Crippen LogP contribution in [0.1, 0.15) is 22.2 Å². The quantitative estimate of drug-likeness (QED) is 0.361. The SMILES string of the molecule is OCCOC[C@H]1O[C@@H](c2ccc(Cl)c(Cc3ncc(-c4ccco4)s3)c2)[C@H](O)[C@@H](O)[C@@H]1O. The van der Waals surface area contributed by atoms with Crippen molar-refractivity contribution >= 4 is 22.9 Å². The Morgan fingerprint density at radius 1 is 1.12 bits per heavy atom. The van der Waals surface area contributed by atoms with Crippen molar-refractivity contribution in [2.24, 2.45) is 0 Å². The van der Waals surface area contributed by atoms with Crippen LogP contribution in [0.3, 0.4) is 0 Å². The molecule has 1 aliphatic rings. The Morgan fingerprint density at radius 3 is 2.72 bits per heavy atom. The van der Waals surface area contributed by atoms with Crippen molar-refractivity contribution in [3.63, 3.8) is 0 Å². The van der Waals surface area contributed by atoms with Gasteiger partial charge in [0.25, 0.3) is 0 Å². The maximum atomic E-state index is 10.5. The lowest BCUT2D eigenvalue weighted by Gasteiger charge is -2.40. The first-order chi connectivity index (χ1) is 15.5. The van der Waals surface area contributed by atoms with Crippen molar-refractivity contribution in [2.75, 3.05) is 19.8 Å². The van der Waals surface area contributed by atoms with Crippen molar-refractivity contribution in [3.8, 4) is 10.6 Å². The first-order valence-corrected chi connectivity index (χ1v) is 11.3. The van der Waals surface area contributed by atoms with E-state index in [1.54, 1.807) is 30.7 Å². The molecule has 1 fully saturated rings. The monoisotopic (exact) mass is 481 g/mol. The van der Waals surface area contributed by atoms with Gasteiger partial charge in [-0.05, 0) is 29.3 Å². The molecule has 2 aromatic heterocycles. The molecule has 32 heavy (non-hydrogen) atoms. The van der Waals surface area contributed by atoms with E-state index in [4.69, 9.17) is 30.6 Å². The number of aliphatic hydroxyl groups is 4. The topological polar surface area (TPSA) is 125 Å². The summed E-state index contributed by atoms with van der Waals surface area (Å²) < 4.78 is 16.5. The number of benzene rings is 1. The Balaban J connectivity index is 1.53. The number of furan rings is 1. The summed E-state index contributed by atoms with van der Waals surface area (Å²) in [5, 5.41) is 41.4. The lowest BCUT2D eigenvalue weighted by Crippen LogP contribution is -2.55. The number of nitrogens with zero attached hydrogens (tertiary/aromatic N) is 1. The second-order valence-corrected chi connectivity index (χ2v) is 9.01. The van der Waals surface area contributed by atoms with Gasteiger partial charge in [-0.2, -0.15) is 0 Å². The molecule has 1 aromatic carbocycles. The van der Waals surface area contributed by atoms with Crippen LogP contribution < -0.4 is 0 Å². The molecule has 3 aromatic rings. The van der Waals surface area contributed by atoms with Crippen LogP contribution >= 0.6 is 22.9 Å². The largest absolute Gasteiger partial charge is 0.463 e. The third kappa shape index (κ3) is 5.05. The van der Waals surface area contributed by atoms with Crippen LogP contribution in [0.2, 0.25) is 5.02 Å². The minimum atomic E-state index is -1.41. The van der Waals surface area contributed by atoms with Gasteiger partial charge >= 0.3 is 0 Å². The number of hydrogen-bond donors (Lipinski definition) is 4. The summed E-state index contributed by atoms with van der Waals surface area (Å²) >= 11 is 7.91. The Hall–Kier alpha value is -1.82. The summed E-state index contributed by atoms with van der Waals surface area (Å²) in [6.45, 7) is -0.123. The molecular formula is C22H24ClNO7S. The zero-order valence-corrected chi connectivity index (χ0v) is 18.6. The van der Waals surface area contributed by atoms with Crippen LogP contribution in [-0.2, 0) is 15.9 Å². The molecule has 0 unspecified atom stereocenters. The van der Waals surface area contributed by atoms with Gasteiger partial charge in [-0.15, -0.1) is 11.3 Å². The van der Waals surface area contributed by atoms with Gasteiger partial charge in [-0.3, -0.25) is 0 Å². The van der Waals surface area contributed by atoms with E-state index >= 15 is 0 Å². The first-order valence-electron chi connectivity index (χ1n) is 10.1. The fraction of sp³-hybridized carbons (Fsp3) is 0.409. The van der Waals surface area contributed by atoms with Crippen molar-refractivity contribution in [1.82, 2.24) is 4.98 Å². The van der Waals surface area contributed by atoms with E-state index in [1.807, 2.05) is 12.1 Å². The van der Waals surface area contributed by atoms with E-state index < -0.39 is 30.5 Å². The van der Waals surface area contributed by atoms with Crippen LogP contribution in [0.4, 0.5) is 0 Å². The van der Waals surface area contributed by atoms with Crippen LogP contribution in [0.25, 0.3) is 10.6 Å². The van der Waals surface area contributed by atoms with E-state index in [2.05, 4.69) is 4.98 Å². The Morgan fingerprint density at radius 2 is 1.97 bits per heavy atom. The van der Waals surface area contributed by atoms with Crippen molar-refractivity contribution in [2.45, 2.75) is 36.9 Å². The number of thiazole rings is 1. The fourth-order valence-electron chi connectivity index (χ4n) is 3.62. The van der Waals surface area contributed by atoms with Gasteiger partial charge < -0.3 is 34.3 Å². The number of aliphatic hydroxyl groups excluding tert-OH is 4. The molecule has 4 rings (SSSR count). The lowest BCUT2D eigenvalue weighted by molar-refractivity contribution is -0.235. The summed E-state index contributed by atoms with van der Waals surface area (Å²) in [4.78, 5) is 5.36. The summed E-state index contributed by atoms with van der Waals surface area (Å²) in [6, 6.07) is 8.91. The van der Waals surface area contributed by atoms with Crippen molar-refractivity contribution in [1.29, 1.82) is 0 Å². The molecule has 1 saturated heterocycles. The molecule has 0 saturated carbocycles. The van der Waals surface area contributed by atoms with Crippen LogP contribution in [0.5, 0.6) is 0 Å². The number of rotatable bonds is 8. The van der Waals surface area contributed by atoms with Crippen LogP contribution in [0.15, 0.2) is 47.2 Å². The number of ether oxygens (including phenoxy) is 2. The highest BCUT2D eigenvalue weighted by Gasteiger charge is 2.44. The molecule has 8 nitrogen and oxygen atoms in total. The summed E-state index contributed by atoms with van der Waals surface area (Å²) in [7, 11) is 0. The minimum Gasteiger partial charge on any atom is -0.463 e. The minimum absolute atomic E-state index is 0.0306. The van der Waals surface area contributed by atoms with E-state index in [0.29, 0.717) is 17.0 Å². The Labute approximate surface area is 193 Å². The van der Waals surface area contributed by atoms with Gasteiger partial charge in [0.05, 0.1) is 36.0 Å². The molecule has 0 aliphatic carbocycles. The average Bonchev–Trinajstić information content (AvgIpc) is 3.48. The zero-order valence-electron chi connectivity index (χ0n) is 17.0. The Kier molecular flexibility index (Phi) is 7.59. The van der Waals surface area contributed by atoms with Crippen LogP contribution in [0, 0.1) is 0 Å². The molecule has 1 aliphatic heterocycles. The summed E-state index contributed by atoms with van der Waals surface area (Å²) in [6.07, 6.45) is -1.99.